The zero-order chi connectivity index (χ0) is 76.3. The Balaban J connectivity index is 0.000000143. The van der Waals surface area contributed by atoms with E-state index in [9.17, 15) is 47.1 Å². The highest BCUT2D eigenvalue weighted by Gasteiger charge is 2.46. The molecule has 2 unspecified atom stereocenters. The first kappa shape index (κ1) is 72.1. The number of anilines is 4. The number of hydrogen-bond donors (Lipinski definition) is 1. The number of Topliss-reactive ketones (excluding diaryl/α,β-unsaturated/α-hetero) is 4. The lowest BCUT2D eigenvalue weighted by Crippen LogP contribution is -2.47. The Morgan fingerprint density at radius 1 is 0.477 bits per heavy atom. The number of benzene rings is 4. The van der Waals surface area contributed by atoms with Crippen molar-refractivity contribution in [2.45, 2.75) is 114 Å². The molecular formula is C82H81BrF2N16O8. The van der Waals surface area contributed by atoms with Crippen LogP contribution in [0.15, 0.2) is 158 Å². The summed E-state index contributed by atoms with van der Waals surface area (Å²) in [5, 5.41) is 13.9. The first-order valence-corrected chi connectivity index (χ1v) is 38.2. The maximum Gasteiger partial charge on any atom is 0.262 e. The van der Waals surface area contributed by atoms with Gasteiger partial charge in [0.15, 0.2) is 22.9 Å². The van der Waals surface area contributed by atoms with Crippen molar-refractivity contribution in [2.75, 3.05) is 85.0 Å². The Bertz CT molecular complexity index is 5240. The average Bonchev–Trinajstić information content (AvgIpc) is 1.62. The van der Waals surface area contributed by atoms with Crippen molar-refractivity contribution < 1.29 is 48.5 Å². The summed E-state index contributed by atoms with van der Waals surface area (Å²) < 4.78 is 37.9. The Hall–Kier alpha value is -11.2. The third kappa shape index (κ3) is 15.0. The number of aromatic nitrogens is 8. The molecule has 10 aromatic rings. The summed E-state index contributed by atoms with van der Waals surface area (Å²) in [6, 6.07) is 42.6. The number of ketones is 4. The van der Waals surface area contributed by atoms with Crippen molar-refractivity contribution >= 4 is 97.3 Å². The fourth-order valence-corrected chi connectivity index (χ4v) is 16.3. The van der Waals surface area contributed by atoms with Gasteiger partial charge in [0.25, 0.3) is 23.6 Å². The lowest BCUT2D eigenvalue weighted by Gasteiger charge is -2.35. The van der Waals surface area contributed by atoms with Crippen molar-refractivity contribution in [3.05, 3.63) is 214 Å². The molecule has 27 heteroatoms. The van der Waals surface area contributed by atoms with Crippen molar-refractivity contribution in [1.82, 2.24) is 59.2 Å². The highest BCUT2D eigenvalue weighted by Crippen LogP contribution is 2.39. The van der Waals surface area contributed by atoms with Crippen LogP contribution < -0.4 is 24.9 Å². The van der Waals surface area contributed by atoms with Crippen LogP contribution in [0.2, 0.25) is 0 Å². The van der Waals surface area contributed by atoms with Gasteiger partial charge < -0.3 is 24.9 Å². The van der Waals surface area contributed by atoms with E-state index >= 15 is 0 Å². The van der Waals surface area contributed by atoms with Crippen LogP contribution in [0.4, 0.5) is 32.1 Å². The van der Waals surface area contributed by atoms with Gasteiger partial charge in [-0.05, 0) is 158 Å². The Labute approximate surface area is 637 Å². The highest BCUT2D eigenvalue weighted by atomic mass is 79.9. The van der Waals surface area contributed by atoms with Crippen LogP contribution in [-0.2, 0) is 31.1 Å². The molecule has 6 aliphatic heterocycles. The number of piperazine rings is 2. The minimum atomic E-state index is -0.874. The summed E-state index contributed by atoms with van der Waals surface area (Å²) >= 11 is 3.31. The molecule has 109 heavy (non-hydrogen) atoms. The Kier molecular flexibility index (Phi) is 21.1. The normalized spacial score (nSPS) is 20.3. The lowest BCUT2D eigenvalue weighted by molar-refractivity contribution is -0.134. The summed E-state index contributed by atoms with van der Waals surface area (Å²) in [5.41, 5.74) is 9.80. The standard InChI is InChI=1S/C40H37FN8O4.C25H26FN7.C15H12BrNO4.C2H6/c41-27-5-1-4-26(21-27)32-7-3-15-47(32)38-14-13-36-42-23-34(49(36)44-38)31-6-2-8-37(43-31)46-18-16-45(17-19-46)24-25-9-11-29-30(20-25)40(53)48(39(29)52)33-12-10-28(50)22-35(33)51;26-19-5-1-4-18(16-19)21-7-3-13-32(21)25-10-9-23-28-17-22(33(23)30-25)20-6-2-8-24(29-20)31-14-11-27-12-15-31;16-7-8-1-3-10-11(5-8)15(21)17(14(10)20)12-4-2-9(18)6-13(12)19;1-2/h1-2,4-6,8-9,11,13-14,20-21,23,32-33H,3,7,10,12,15-19,22,24H2;1-2,4-6,8-10,16-17,21,27H,3,7,11-15H2;1,3,5,12H,2,4,6-7H2;1-2H3/t32-,33?;21-;;/m11../s1/i;;;1D. The van der Waals surface area contributed by atoms with E-state index in [4.69, 9.17) is 21.5 Å². The number of hydrogen-bond acceptors (Lipinski definition) is 20. The predicted molar refractivity (Wildman–Crippen MR) is 410 cm³/mol. The number of halogens is 3. The van der Waals surface area contributed by atoms with Crippen LogP contribution in [0.1, 0.15) is 155 Å². The van der Waals surface area contributed by atoms with Gasteiger partial charge in [0, 0.05) is 91.5 Å². The SMILES string of the molecule is Fc1cccc([C@H]2CCCN2c2ccc3ncc(-c4cccc(N5CCNCC5)n4)n3n2)c1.O=C1CCC(N2C(=O)c3ccc(CBr)cc3C2=O)C(=O)C1.O=C1CCC(N2C(=O)c3ccc(CN4CCN(c5cccc(-c6cnc7ccc(N8CCC[C@@H]8c8cccc(F)c8)nn67)n5)CC4)cc3C2=O)C(=O)C1.[2H]CC. The number of amides is 4. The Morgan fingerprint density at radius 3 is 1.39 bits per heavy atom. The van der Waals surface area contributed by atoms with Crippen molar-refractivity contribution in [2.24, 2.45) is 0 Å². The fourth-order valence-electron chi connectivity index (χ4n) is 16.0. The first-order valence-electron chi connectivity index (χ1n) is 37.8. The minimum Gasteiger partial charge on any atom is -0.354 e. The number of carbonyl (C=O) groups excluding carboxylic acids is 8. The molecule has 0 radical (unpaired) electrons. The van der Waals surface area contributed by atoms with Gasteiger partial charge in [0.2, 0.25) is 0 Å². The molecule has 12 heterocycles. The zero-order valence-electron chi connectivity index (χ0n) is 61.2. The molecule has 6 fully saturated rings. The van der Waals surface area contributed by atoms with Gasteiger partial charge in [-0.2, -0.15) is 0 Å². The Morgan fingerprint density at radius 2 is 0.927 bits per heavy atom. The second-order valence-electron chi connectivity index (χ2n) is 28.1. The highest BCUT2D eigenvalue weighted by molar-refractivity contribution is 9.08. The van der Waals surface area contributed by atoms with Gasteiger partial charge in [-0.3, -0.25) is 53.1 Å². The van der Waals surface area contributed by atoms with E-state index in [0.29, 0.717) is 41.0 Å². The number of carbonyl (C=O) groups is 8. The molecule has 2 aliphatic carbocycles. The van der Waals surface area contributed by atoms with E-state index in [1.807, 2.05) is 88.0 Å². The molecule has 2 saturated carbocycles. The number of imidazole rings is 2. The molecule has 24 nitrogen and oxygen atoms in total. The molecule has 1 N–H and O–H groups in total. The van der Waals surface area contributed by atoms with Crippen LogP contribution in [0.25, 0.3) is 34.1 Å². The first-order chi connectivity index (χ1) is 53.5. The number of pyridine rings is 2. The van der Waals surface area contributed by atoms with E-state index in [1.54, 1.807) is 67.7 Å². The predicted octanol–water partition coefficient (Wildman–Crippen LogP) is 11.5. The van der Waals surface area contributed by atoms with E-state index in [2.05, 4.69) is 61.8 Å². The largest absolute Gasteiger partial charge is 0.354 e. The maximum absolute atomic E-state index is 14.1. The summed E-state index contributed by atoms with van der Waals surface area (Å²) in [6.45, 7) is 11.5. The lowest BCUT2D eigenvalue weighted by atomic mass is 9.92. The molecule has 18 rings (SSSR count). The second kappa shape index (κ2) is 32.0. The van der Waals surface area contributed by atoms with Crippen LogP contribution in [0, 0.1) is 11.6 Å². The van der Waals surface area contributed by atoms with Gasteiger partial charge in [-0.15, -0.1) is 10.2 Å². The molecular weight excluding hydrogens is 1450 g/mol. The minimum absolute atomic E-state index is 0.0507. The summed E-state index contributed by atoms with van der Waals surface area (Å²) in [7, 11) is 0. The third-order valence-corrected chi connectivity index (χ3v) is 22.1. The van der Waals surface area contributed by atoms with Crippen molar-refractivity contribution in [3.63, 3.8) is 0 Å². The fraction of sp³-hybridized carbons (Fsp3) is 0.341. The molecule has 558 valence electrons. The second-order valence-corrected chi connectivity index (χ2v) is 28.7. The van der Waals surface area contributed by atoms with Crippen LogP contribution >= 0.6 is 15.9 Å². The van der Waals surface area contributed by atoms with Crippen molar-refractivity contribution in [3.8, 4) is 22.8 Å². The van der Waals surface area contributed by atoms with E-state index in [-0.39, 0.29) is 85.4 Å². The number of nitrogens with zero attached hydrogens (tertiary/aromatic N) is 15. The van der Waals surface area contributed by atoms with Gasteiger partial charge in [-0.25, -0.2) is 37.7 Å². The summed E-state index contributed by atoms with van der Waals surface area (Å²) in [6.07, 6.45) is 8.01. The maximum atomic E-state index is 14.1. The van der Waals surface area contributed by atoms with E-state index in [1.165, 1.54) is 12.1 Å². The zero-order valence-corrected chi connectivity index (χ0v) is 61.8. The van der Waals surface area contributed by atoms with Gasteiger partial charge >= 0.3 is 0 Å². The van der Waals surface area contributed by atoms with Crippen LogP contribution in [0.3, 0.4) is 0 Å². The van der Waals surface area contributed by atoms with E-state index in [0.717, 1.165) is 181 Å². The molecule has 6 aromatic heterocycles. The molecule has 4 amide bonds. The van der Waals surface area contributed by atoms with Gasteiger partial charge in [0.1, 0.15) is 57.9 Å². The number of rotatable bonds is 13. The third-order valence-electron chi connectivity index (χ3n) is 21.4. The molecule has 0 spiro atoms. The number of imide groups is 2. The van der Waals surface area contributed by atoms with Gasteiger partial charge in [-0.1, -0.05) is 78.3 Å². The van der Waals surface area contributed by atoms with Gasteiger partial charge in [0.05, 0.1) is 83.0 Å². The summed E-state index contributed by atoms with van der Waals surface area (Å²) in [5.74, 6) is 0.282. The molecule has 4 aromatic carbocycles. The van der Waals surface area contributed by atoms with Crippen molar-refractivity contribution in [1.29, 1.82) is 0 Å². The average molecular weight is 1540 g/mol. The number of alkyl halides is 1. The van der Waals surface area contributed by atoms with E-state index < -0.39 is 35.7 Å². The smallest absolute Gasteiger partial charge is 0.262 e. The number of fused-ring (bicyclic) bond motifs is 4. The molecule has 8 aliphatic rings. The monoisotopic (exact) mass is 1540 g/mol. The quantitative estimate of drug-likeness (QED) is 0.0639. The number of nitrogens with one attached hydrogen (secondary N) is 1. The topological polar surface area (TPSA) is 257 Å². The summed E-state index contributed by atoms with van der Waals surface area (Å²) in [4.78, 5) is 131. The van der Waals surface area contributed by atoms with Crippen LogP contribution in [-0.4, -0.2) is 178 Å². The molecule has 4 saturated heterocycles. The molecule has 4 atom stereocenters. The van der Waals surface area contributed by atoms with Crippen LogP contribution in [0.5, 0.6) is 0 Å². The molecule has 0 bridgehead atoms.